The van der Waals surface area contributed by atoms with Crippen LogP contribution in [0.4, 0.5) is 0 Å². The highest BCUT2D eigenvalue weighted by molar-refractivity contribution is 6.89. The van der Waals surface area contributed by atoms with Crippen LogP contribution in [0.25, 0.3) is 11.1 Å². The number of aryl methyl sites for hydroxylation is 2. The van der Waals surface area contributed by atoms with Gasteiger partial charge in [-0.05, 0) is 58.6 Å². The van der Waals surface area contributed by atoms with Crippen LogP contribution in [-0.2, 0) is 10.3 Å². The molecule has 0 bridgehead atoms. The van der Waals surface area contributed by atoms with E-state index < -0.39 is 21.7 Å². The maximum Gasteiger partial charge on any atom is 0.339 e. The topological polar surface area (TPSA) is 26.3 Å². The molecule has 0 N–H and O–H groups in total. The van der Waals surface area contributed by atoms with E-state index in [4.69, 9.17) is 4.74 Å². The number of hydrogen-bond acceptors (Lipinski definition) is 2. The number of benzene rings is 4. The highest BCUT2D eigenvalue weighted by Gasteiger charge is 2.58. The largest absolute Gasteiger partial charge is 0.442 e. The predicted octanol–water partition coefficient (Wildman–Crippen LogP) is 10.0. The molecule has 0 saturated heterocycles. The van der Waals surface area contributed by atoms with Crippen LogP contribution in [0.15, 0.2) is 120 Å². The lowest BCUT2D eigenvalue weighted by Crippen LogP contribution is -2.49. The molecular weight excluding hydrogens is 545 g/mol. The highest BCUT2D eigenvalue weighted by Crippen LogP contribution is 2.60. The molecule has 0 spiro atoms. The lowest BCUT2D eigenvalue weighted by atomic mass is 9.92. The van der Waals surface area contributed by atoms with Gasteiger partial charge in [-0.3, -0.25) is 0 Å². The molecule has 0 radical (unpaired) electrons. The smallest absolute Gasteiger partial charge is 0.339 e. The Morgan fingerprint density at radius 1 is 0.548 bits per heavy atom. The van der Waals surface area contributed by atoms with Crippen molar-refractivity contribution in [3.05, 3.63) is 153 Å². The third-order valence-electron chi connectivity index (χ3n) is 8.07. The third-order valence-corrected chi connectivity index (χ3v) is 12.3. The predicted molar refractivity (Wildman–Crippen MR) is 183 cm³/mol. The van der Waals surface area contributed by atoms with Crippen LogP contribution in [-0.4, -0.2) is 22.1 Å². The molecule has 0 saturated carbocycles. The molecule has 0 heterocycles. The van der Waals surface area contributed by atoms with Crippen LogP contribution in [0.5, 0.6) is 0 Å². The second kappa shape index (κ2) is 11.2. The van der Waals surface area contributed by atoms with E-state index in [9.17, 15) is 4.79 Å². The summed E-state index contributed by atoms with van der Waals surface area (Å²) in [6.07, 6.45) is 0. The van der Waals surface area contributed by atoms with Crippen molar-refractivity contribution in [1.29, 1.82) is 0 Å². The summed E-state index contributed by atoms with van der Waals surface area (Å²) >= 11 is 0. The number of rotatable bonds is 7. The van der Waals surface area contributed by atoms with Crippen LogP contribution < -0.4 is 0 Å². The fourth-order valence-corrected chi connectivity index (χ4v) is 11.4. The quantitative estimate of drug-likeness (QED) is 0.159. The maximum atomic E-state index is 14.4. The average Bonchev–Trinajstić information content (AvgIpc) is 3.27. The van der Waals surface area contributed by atoms with E-state index in [2.05, 4.69) is 131 Å². The van der Waals surface area contributed by atoms with E-state index in [0.29, 0.717) is 5.56 Å². The van der Waals surface area contributed by atoms with Crippen LogP contribution in [0.2, 0.25) is 39.3 Å². The minimum atomic E-state index is -2.19. The molecule has 4 aromatic rings. The Kier molecular flexibility index (Phi) is 7.90. The summed E-state index contributed by atoms with van der Waals surface area (Å²) in [5.74, 6) is -0.288. The van der Waals surface area contributed by atoms with Crippen molar-refractivity contribution in [3.63, 3.8) is 0 Å². The number of hydrogen-bond donors (Lipinski definition) is 0. The molecular formula is C38H42O2Si2. The molecule has 0 aromatic heterocycles. The van der Waals surface area contributed by atoms with Crippen molar-refractivity contribution < 1.29 is 9.53 Å². The summed E-state index contributed by atoms with van der Waals surface area (Å²) in [7, 11) is -4.38. The van der Waals surface area contributed by atoms with Crippen molar-refractivity contribution in [2.24, 2.45) is 0 Å². The Bertz CT molecular complexity index is 1580. The van der Waals surface area contributed by atoms with Crippen LogP contribution in [0, 0.1) is 13.8 Å². The Balaban J connectivity index is 1.99. The van der Waals surface area contributed by atoms with Gasteiger partial charge in [-0.2, -0.15) is 0 Å². The average molecular weight is 587 g/mol. The van der Waals surface area contributed by atoms with Crippen LogP contribution >= 0.6 is 0 Å². The van der Waals surface area contributed by atoms with Crippen molar-refractivity contribution in [3.8, 4) is 0 Å². The van der Waals surface area contributed by atoms with Crippen LogP contribution in [0.3, 0.4) is 0 Å². The van der Waals surface area contributed by atoms with E-state index in [1.165, 1.54) is 38.2 Å². The highest BCUT2D eigenvalue weighted by atomic mass is 28.3. The molecule has 1 aliphatic rings. The van der Waals surface area contributed by atoms with E-state index in [1.807, 2.05) is 31.2 Å². The number of allylic oxidation sites excluding steroid dienone is 2. The third kappa shape index (κ3) is 5.41. The first-order valence-electron chi connectivity index (χ1n) is 14.8. The van der Waals surface area contributed by atoms with Gasteiger partial charge in [0.15, 0.2) is 5.60 Å². The van der Waals surface area contributed by atoms with E-state index in [0.717, 1.165) is 11.1 Å². The van der Waals surface area contributed by atoms with E-state index in [-0.39, 0.29) is 5.97 Å². The Morgan fingerprint density at radius 3 is 1.31 bits per heavy atom. The van der Waals surface area contributed by atoms with Gasteiger partial charge in [0.1, 0.15) is 0 Å². The molecule has 42 heavy (non-hydrogen) atoms. The van der Waals surface area contributed by atoms with Gasteiger partial charge < -0.3 is 4.74 Å². The molecule has 0 amide bonds. The van der Waals surface area contributed by atoms with Crippen LogP contribution in [0.1, 0.15) is 38.2 Å². The molecule has 0 unspecified atom stereocenters. The van der Waals surface area contributed by atoms with Gasteiger partial charge in [0.2, 0.25) is 0 Å². The second-order valence-electron chi connectivity index (χ2n) is 13.5. The SMILES string of the molecule is Cc1ccc(C(=O)OC2(c3ccc(C)cc3)C([Si](C)(C)C)=C(c3ccccc3)C(c3ccccc3)=C2[Si](C)(C)C)cc1. The molecule has 4 aromatic carbocycles. The van der Waals surface area contributed by atoms with Crippen molar-refractivity contribution in [2.45, 2.75) is 58.7 Å². The Hall–Kier alpha value is -3.74. The zero-order chi connectivity index (χ0) is 30.3. The standard InChI is InChI=1S/C38H42O2Si2/c1-27-19-23-31(24-20-27)37(39)40-38(32-25-21-28(2)22-26-32)35(41(3,4)5)33(29-15-11-9-12-16-29)34(36(38)42(6,7)8)30-17-13-10-14-18-30/h9-26H,1-8H3. The van der Waals surface area contributed by atoms with Gasteiger partial charge in [0.05, 0.1) is 21.7 Å². The molecule has 4 heteroatoms. The molecule has 2 nitrogen and oxygen atoms in total. The summed E-state index contributed by atoms with van der Waals surface area (Å²) in [6, 6.07) is 37.9. The fourth-order valence-electron chi connectivity index (χ4n) is 6.45. The van der Waals surface area contributed by atoms with E-state index in [1.54, 1.807) is 0 Å². The molecule has 0 aliphatic heterocycles. The molecule has 1 aliphatic carbocycles. The van der Waals surface area contributed by atoms with E-state index >= 15 is 0 Å². The van der Waals surface area contributed by atoms with Gasteiger partial charge in [-0.15, -0.1) is 0 Å². The molecule has 214 valence electrons. The minimum absolute atomic E-state index is 0.288. The first-order valence-corrected chi connectivity index (χ1v) is 21.8. The van der Waals surface area contributed by atoms with Gasteiger partial charge in [0, 0.05) is 5.56 Å². The van der Waals surface area contributed by atoms with Gasteiger partial charge >= 0.3 is 5.97 Å². The molecule has 5 rings (SSSR count). The summed E-state index contributed by atoms with van der Waals surface area (Å²) in [5, 5.41) is 2.53. The summed E-state index contributed by atoms with van der Waals surface area (Å²) in [5.41, 5.74) is 7.69. The van der Waals surface area contributed by atoms with Gasteiger partial charge in [-0.1, -0.05) is 147 Å². The van der Waals surface area contributed by atoms with Gasteiger partial charge in [0.25, 0.3) is 0 Å². The zero-order valence-corrected chi connectivity index (χ0v) is 28.2. The lowest BCUT2D eigenvalue weighted by Gasteiger charge is -2.44. The number of carbonyl (C=O) groups excluding carboxylic acids is 1. The lowest BCUT2D eigenvalue weighted by molar-refractivity contribution is 0.0165. The van der Waals surface area contributed by atoms with Crippen molar-refractivity contribution in [1.82, 2.24) is 0 Å². The maximum absolute atomic E-state index is 14.4. The first-order chi connectivity index (χ1) is 19.8. The Labute approximate surface area is 253 Å². The monoisotopic (exact) mass is 586 g/mol. The normalized spacial score (nSPS) is 15.2. The Morgan fingerprint density at radius 2 is 0.929 bits per heavy atom. The van der Waals surface area contributed by atoms with Crippen molar-refractivity contribution in [2.75, 3.05) is 0 Å². The number of esters is 1. The first kappa shape index (κ1) is 29.7. The molecule has 0 fully saturated rings. The number of ether oxygens (including phenoxy) is 1. The second-order valence-corrected chi connectivity index (χ2v) is 23.5. The summed E-state index contributed by atoms with van der Waals surface area (Å²) in [6.45, 7) is 18.5. The fraction of sp³-hybridized carbons (Fsp3) is 0.237. The molecule has 0 atom stereocenters. The zero-order valence-electron chi connectivity index (χ0n) is 26.2. The minimum Gasteiger partial charge on any atom is -0.442 e. The number of carbonyl (C=O) groups is 1. The summed E-state index contributed by atoms with van der Waals surface area (Å²) < 4.78 is 7.15. The summed E-state index contributed by atoms with van der Waals surface area (Å²) in [4.78, 5) is 14.4. The van der Waals surface area contributed by atoms with Crippen molar-refractivity contribution >= 4 is 33.3 Å². The van der Waals surface area contributed by atoms with Gasteiger partial charge in [-0.25, -0.2) is 4.79 Å².